The van der Waals surface area contributed by atoms with Gasteiger partial charge in [0.2, 0.25) is 0 Å². The maximum absolute atomic E-state index is 12.4. The van der Waals surface area contributed by atoms with Gasteiger partial charge in [-0.2, -0.15) is 4.31 Å². The minimum Gasteiger partial charge on any atom is -0.328 e. The number of piperidine rings is 1. The molecule has 0 spiro atoms. The minimum atomic E-state index is -3.36. The average molecular weight is 312 g/mol. The Balaban J connectivity index is 0.00000162. The molecule has 1 aromatic heterocycles. The van der Waals surface area contributed by atoms with Crippen LogP contribution in [0, 0.1) is 13.8 Å². The number of nitrogens with zero attached hydrogens (tertiary/aromatic N) is 2. The van der Waals surface area contributed by atoms with Crippen molar-refractivity contribution in [3.63, 3.8) is 0 Å². The fraction of sp³-hybridized carbons (Fsp3) is 0.700. The van der Waals surface area contributed by atoms with Gasteiger partial charge in [0.25, 0.3) is 10.0 Å². The number of thiazole rings is 1. The molecule has 1 aromatic rings. The molecule has 1 fully saturated rings. The summed E-state index contributed by atoms with van der Waals surface area (Å²) in [5.74, 6) is 0. The molecule has 1 aliphatic rings. The molecule has 104 valence electrons. The summed E-state index contributed by atoms with van der Waals surface area (Å²) in [6.07, 6.45) is 1.46. The SMILES string of the molecule is Cc1nc(C)c(S(=O)(=O)N2CCC(N)CC2)s1.Cl. The molecule has 8 heteroatoms. The van der Waals surface area contributed by atoms with Crippen LogP contribution in [0.2, 0.25) is 0 Å². The Morgan fingerprint density at radius 3 is 2.33 bits per heavy atom. The van der Waals surface area contributed by atoms with Crippen LogP contribution >= 0.6 is 23.7 Å². The summed E-state index contributed by atoms with van der Waals surface area (Å²) >= 11 is 1.24. The van der Waals surface area contributed by atoms with Gasteiger partial charge in [-0.3, -0.25) is 0 Å². The van der Waals surface area contributed by atoms with E-state index < -0.39 is 10.0 Å². The number of sulfonamides is 1. The van der Waals surface area contributed by atoms with Crippen molar-refractivity contribution in [2.24, 2.45) is 5.73 Å². The maximum Gasteiger partial charge on any atom is 0.254 e. The molecule has 5 nitrogen and oxygen atoms in total. The number of aromatic nitrogens is 1. The summed E-state index contributed by atoms with van der Waals surface area (Å²) in [6, 6.07) is 0.130. The van der Waals surface area contributed by atoms with Gasteiger partial charge in [-0.15, -0.1) is 23.7 Å². The van der Waals surface area contributed by atoms with Crippen molar-refractivity contribution in [2.75, 3.05) is 13.1 Å². The number of rotatable bonds is 2. The molecule has 0 atom stereocenters. The molecule has 0 aliphatic carbocycles. The van der Waals surface area contributed by atoms with E-state index in [1.807, 2.05) is 6.92 Å². The first-order valence-electron chi connectivity index (χ1n) is 5.61. The number of hydrogen-bond acceptors (Lipinski definition) is 5. The molecule has 0 bridgehead atoms. The Labute approximate surface area is 118 Å². The fourth-order valence-electron chi connectivity index (χ4n) is 1.99. The first-order valence-corrected chi connectivity index (χ1v) is 7.86. The zero-order valence-corrected chi connectivity index (χ0v) is 12.9. The van der Waals surface area contributed by atoms with Crippen molar-refractivity contribution >= 4 is 33.8 Å². The van der Waals surface area contributed by atoms with E-state index in [4.69, 9.17) is 5.73 Å². The van der Waals surface area contributed by atoms with Crippen molar-refractivity contribution in [1.82, 2.24) is 9.29 Å². The van der Waals surface area contributed by atoms with E-state index in [9.17, 15) is 8.42 Å². The van der Waals surface area contributed by atoms with Crippen LogP contribution in [0.3, 0.4) is 0 Å². The highest BCUT2D eigenvalue weighted by Gasteiger charge is 2.31. The molecule has 0 saturated carbocycles. The van der Waals surface area contributed by atoms with Crippen molar-refractivity contribution in [2.45, 2.75) is 36.9 Å². The number of aryl methyl sites for hydroxylation is 2. The van der Waals surface area contributed by atoms with Crippen LogP contribution in [0.5, 0.6) is 0 Å². The number of nitrogens with two attached hydrogens (primary N) is 1. The third-order valence-electron chi connectivity index (χ3n) is 2.93. The molecular weight excluding hydrogens is 294 g/mol. The maximum atomic E-state index is 12.4. The molecule has 1 aliphatic heterocycles. The fourth-order valence-corrected chi connectivity index (χ4v) is 5.07. The van der Waals surface area contributed by atoms with Crippen molar-refractivity contribution < 1.29 is 8.42 Å². The summed E-state index contributed by atoms with van der Waals surface area (Å²) in [5, 5.41) is 0.787. The molecule has 0 radical (unpaired) electrons. The normalized spacial score (nSPS) is 18.6. The number of hydrogen-bond donors (Lipinski definition) is 1. The van der Waals surface area contributed by atoms with Crippen molar-refractivity contribution in [1.29, 1.82) is 0 Å². The predicted octanol–water partition coefficient (Wildman–Crippen LogP) is 1.29. The van der Waals surface area contributed by atoms with Crippen LogP contribution in [-0.2, 0) is 10.0 Å². The largest absolute Gasteiger partial charge is 0.328 e. The van der Waals surface area contributed by atoms with Gasteiger partial charge in [-0.25, -0.2) is 13.4 Å². The summed E-state index contributed by atoms with van der Waals surface area (Å²) in [4.78, 5) is 4.18. The molecule has 18 heavy (non-hydrogen) atoms. The van der Waals surface area contributed by atoms with Crippen LogP contribution in [-0.4, -0.2) is 36.8 Å². The highest BCUT2D eigenvalue weighted by Crippen LogP contribution is 2.27. The van der Waals surface area contributed by atoms with Gasteiger partial charge < -0.3 is 5.73 Å². The summed E-state index contributed by atoms with van der Waals surface area (Å²) in [6.45, 7) is 4.59. The van der Waals surface area contributed by atoms with Crippen molar-refractivity contribution in [3.05, 3.63) is 10.7 Å². The van der Waals surface area contributed by atoms with E-state index in [-0.39, 0.29) is 18.4 Å². The Morgan fingerprint density at radius 1 is 1.33 bits per heavy atom. The highest BCUT2D eigenvalue weighted by molar-refractivity contribution is 7.91. The van der Waals surface area contributed by atoms with Crippen LogP contribution < -0.4 is 5.73 Å². The van der Waals surface area contributed by atoms with Crippen LogP contribution in [0.4, 0.5) is 0 Å². The zero-order chi connectivity index (χ0) is 12.6. The summed E-state index contributed by atoms with van der Waals surface area (Å²) in [7, 11) is -3.36. The van der Waals surface area contributed by atoms with Crippen LogP contribution in [0.25, 0.3) is 0 Å². The first-order chi connectivity index (χ1) is 7.91. The van der Waals surface area contributed by atoms with Gasteiger partial charge in [0, 0.05) is 19.1 Å². The minimum absolute atomic E-state index is 0. The monoisotopic (exact) mass is 311 g/mol. The van der Waals surface area contributed by atoms with Gasteiger partial charge in [-0.05, 0) is 26.7 Å². The molecule has 0 amide bonds. The van der Waals surface area contributed by atoms with E-state index in [0.717, 1.165) is 17.8 Å². The van der Waals surface area contributed by atoms with E-state index in [1.54, 1.807) is 6.92 Å². The summed E-state index contributed by atoms with van der Waals surface area (Å²) < 4.78 is 26.7. The van der Waals surface area contributed by atoms with E-state index in [0.29, 0.717) is 23.0 Å². The molecule has 2 N–H and O–H groups in total. The molecule has 0 unspecified atom stereocenters. The Bertz CT molecular complexity index is 507. The summed E-state index contributed by atoms with van der Waals surface area (Å²) in [5.41, 5.74) is 6.38. The Morgan fingerprint density at radius 2 is 1.89 bits per heavy atom. The lowest BCUT2D eigenvalue weighted by atomic mass is 10.1. The van der Waals surface area contributed by atoms with Gasteiger partial charge in [-0.1, -0.05) is 0 Å². The first kappa shape index (κ1) is 15.8. The standard InChI is InChI=1S/C10H17N3O2S2.ClH/c1-7-10(16-8(2)12-7)17(14,15)13-5-3-9(11)4-6-13;/h9H,3-6,11H2,1-2H3;1H. The van der Waals surface area contributed by atoms with Gasteiger partial charge in [0.05, 0.1) is 10.7 Å². The van der Waals surface area contributed by atoms with Gasteiger partial charge >= 0.3 is 0 Å². The van der Waals surface area contributed by atoms with Gasteiger partial charge in [0.15, 0.2) is 4.21 Å². The number of halogens is 1. The zero-order valence-electron chi connectivity index (χ0n) is 10.4. The second-order valence-electron chi connectivity index (χ2n) is 4.35. The highest BCUT2D eigenvalue weighted by atomic mass is 35.5. The molecule has 1 saturated heterocycles. The van der Waals surface area contributed by atoms with Crippen molar-refractivity contribution in [3.8, 4) is 0 Å². The molecular formula is C10H18ClN3O2S2. The smallest absolute Gasteiger partial charge is 0.254 e. The molecule has 2 heterocycles. The predicted molar refractivity (Wildman–Crippen MR) is 74.8 cm³/mol. The van der Waals surface area contributed by atoms with E-state index >= 15 is 0 Å². The average Bonchev–Trinajstić information content (AvgIpc) is 2.59. The topological polar surface area (TPSA) is 76.3 Å². The van der Waals surface area contributed by atoms with Crippen LogP contribution in [0.15, 0.2) is 4.21 Å². The quantitative estimate of drug-likeness (QED) is 0.893. The second-order valence-corrected chi connectivity index (χ2v) is 7.68. The second kappa shape index (κ2) is 5.83. The van der Waals surface area contributed by atoms with Gasteiger partial charge in [0.1, 0.15) is 0 Å². The van der Waals surface area contributed by atoms with E-state index in [1.165, 1.54) is 15.6 Å². The lowest BCUT2D eigenvalue weighted by Gasteiger charge is -2.28. The molecule has 2 rings (SSSR count). The van der Waals surface area contributed by atoms with E-state index in [2.05, 4.69) is 4.98 Å². The molecule has 0 aromatic carbocycles. The third-order valence-corrected chi connectivity index (χ3v) is 6.49. The Hall–Kier alpha value is -0.210. The Kier molecular flexibility index (Phi) is 5.13. The lowest BCUT2D eigenvalue weighted by molar-refractivity contribution is 0.320. The third kappa shape index (κ3) is 3.03. The van der Waals surface area contributed by atoms with Crippen LogP contribution in [0.1, 0.15) is 23.5 Å². The lowest BCUT2D eigenvalue weighted by Crippen LogP contribution is -2.42.